The molecule has 24 heavy (non-hydrogen) atoms. The summed E-state index contributed by atoms with van der Waals surface area (Å²) in [5.74, 6) is 0.457. The van der Waals surface area contributed by atoms with Gasteiger partial charge in [-0.3, -0.25) is 4.79 Å². The summed E-state index contributed by atoms with van der Waals surface area (Å²) >= 11 is 0. The van der Waals surface area contributed by atoms with Gasteiger partial charge in [-0.15, -0.1) is 5.10 Å². The third-order valence-corrected chi connectivity index (χ3v) is 3.77. The third-order valence-electron chi connectivity index (χ3n) is 3.77. The molecule has 2 aromatic heterocycles. The number of carbonyl (C=O) groups is 1. The molecule has 0 radical (unpaired) electrons. The van der Waals surface area contributed by atoms with Crippen LogP contribution in [0.1, 0.15) is 50.4 Å². The Labute approximate surface area is 142 Å². The van der Waals surface area contributed by atoms with Gasteiger partial charge in [0, 0.05) is 18.4 Å². The predicted octanol–water partition coefficient (Wildman–Crippen LogP) is 1.46. The molecule has 2 heterocycles. The molecule has 8 nitrogen and oxygen atoms in total. The van der Waals surface area contributed by atoms with Gasteiger partial charge in [0.15, 0.2) is 5.95 Å². The summed E-state index contributed by atoms with van der Waals surface area (Å²) < 4.78 is 1.60. The lowest BCUT2D eigenvalue weighted by molar-refractivity contribution is -0.121. The molecule has 2 aromatic rings. The molecule has 1 amide bonds. The van der Waals surface area contributed by atoms with Crippen molar-refractivity contribution in [3.05, 3.63) is 23.8 Å². The monoisotopic (exact) mass is 333 g/mol. The molecule has 132 valence electrons. The molecule has 0 fully saturated rings. The fourth-order valence-corrected chi connectivity index (χ4v) is 2.44. The molecule has 4 N–H and O–H groups in total. The van der Waals surface area contributed by atoms with Gasteiger partial charge in [-0.1, -0.05) is 25.0 Å². The molecule has 8 heteroatoms. The number of nitrogen functional groups attached to an aromatic ring is 1. The van der Waals surface area contributed by atoms with Crippen LogP contribution in [0.25, 0.3) is 0 Å². The Hall–Kier alpha value is -2.38. The zero-order valence-electron chi connectivity index (χ0n) is 14.3. The van der Waals surface area contributed by atoms with Gasteiger partial charge in [0.25, 0.3) is 0 Å². The Morgan fingerprint density at radius 1 is 1.29 bits per heavy atom. The van der Waals surface area contributed by atoms with E-state index in [9.17, 15) is 4.79 Å². The Morgan fingerprint density at radius 3 is 2.88 bits per heavy atom. The fourth-order valence-electron chi connectivity index (χ4n) is 2.44. The molecule has 0 saturated heterocycles. The van der Waals surface area contributed by atoms with E-state index >= 15 is 0 Å². The average molecular weight is 333 g/mol. The van der Waals surface area contributed by atoms with Gasteiger partial charge in [-0.2, -0.15) is 0 Å². The van der Waals surface area contributed by atoms with E-state index < -0.39 is 0 Å². The minimum absolute atomic E-state index is 0.0151. The number of aromatic nitrogens is 5. The summed E-state index contributed by atoms with van der Waals surface area (Å²) in [6.07, 6.45) is 10.8. The number of aryl methyl sites for hydroxylation is 2. The van der Waals surface area contributed by atoms with Crippen molar-refractivity contribution in [3.63, 3.8) is 0 Å². The number of amides is 1. The first-order valence-corrected chi connectivity index (χ1v) is 8.62. The van der Waals surface area contributed by atoms with E-state index in [1.165, 1.54) is 0 Å². The number of nitrogens with one attached hydrogen (secondary N) is 2. The predicted molar refractivity (Wildman–Crippen MR) is 92.2 cm³/mol. The Kier molecular flexibility index (Phi) is 7.25. The first kappa shape index (κ1) is 18.0. The summed E-state index contributed by atoms with van der Waals surface area (Å²) in [5.41, 5.74) is 7.55. The van der Waals surface area contributed by atoms with Crippen LogP contribution in [-0.4, -0.2) is 37.4 Å². The summed E-state index contributed by atoms with van der Waals surface area (Å²) in [7, 11) is 0. The summed E-state index contributed by atoms with van der Waals surface area (Å²) in [5, 5.41) is 11.0. The lowest BCUT2D eigenvalue weighted by atomic mass is 10.1. The van der Waals surface area contributed by atoms with E-state index in [4.69, 9.17) is 5.73 Å². The van der Waals surface area contributed by atoms with Gasteiger partial charge in [0.2, 0.25) is 5.91 Å². The van der Waals surface area contributed by atoms with Gasteiger partial charge in [0.05, 0.1) is 11.9 Å². The van der Waals surface area contributed by atoms with Crippen LogP contribution in [0.15, 0.2) is 12.4 Å². The van der Waals surface area contributed by atoms with Crippen LogP contribution < -0.4 is 11.1 Å². The Balaban J connectivity index is 1.60. The standard InChI is InChI=1S/C16H27N7O/c1-2-3-9-18-15(24)12-23-11-14(21-22-23)8-6-4-5-7-13-10-19-16(17)20-13/h10-11H,2-9,12H2,1H3,(H,18,24)(H3,17,19,20). The number of H-pyrrole nitrogens is 1. The lowest BCUT2D eigenvalue weighted by Gasteiger charge is -2.03. The molecule has 0 atom stereocenters. The number of aromatic amines is 1. The highest BCUT2D eigenvalue weighted by atomic mass is 16.2. The van der Waals surface area contributed by atoms with Crippen molar-refractivity contribution in [2.75, 3.05) is 12.3 Å². The maximum absolute atomic E-state index is 11.7. The van der Waals surface area contributed by atoms with Gasteiger partial charge in [-0.25, -0.2) is 9.67 Å². The molecule has 0 aliphatic carbocycles. The molecule has 0 aliphatic heterocycles. The number of nitrogens with two attached hydrogens (primary N) is 1. The molecule has 0 unspecified atom stereocenters. The normalized spacial score (nSPS) is 10.9. The number of hydrogen-bond donors (Lipinski definition) is 3. The van der Waals surface area contributed by atoms with Crippen LogP contribution >= 0.6 is 0 Å². The van der Waals surface area contributed by atoms with E-state index in [1.54, 1.807) is 10.9 Å². The SMILES string of the molecule is CCCCNC(=O)Cn1cc(CCCCCc2cnc(N)[nH]2)nn1. The van der Waals surface area contributed by atoms with Crippen LogP contribution in [0.2, 0.25) is 0 Å². The second-order valence-corrected chi connectivity index (χ2v) is 5.97. The largest absolute Gasteiger partial charge is 0.369 e. The van der Waals surface area contributed by atoms with Crippen molar-refractivity contribution in [3.8, 4) is 0 Å². The first-order chi connectivity index (χ1) is 11.7. The highest BCUT2D eigenvalue weighted by molar-refractivity contribution is 5.75. The number of unbranched alkanes of at least 4 members (excludes halogenated alkanes) is 3. The highest BCUT2D eigenvalue weighted by Gasteiger charge is 2.06. The second kappa shape index (κ2) is 9.69. The molecule has 0 bridgehead atoms. The van der Waals surface area contributed by atoms with Crippen molar-refractivity contribution >= 4 is 11.9 Å². The minimum Gasteiger partial charge on any atom is -0.369 e. The quantitative estimate of drug-likeness (QED) is 0.539. The van der Waals surface area contributed by atoms with E-state index in [2.05, 4.69) is 32.5 Å². The van der Waals surface area contributed by atoms with Crippen molar-refractivity contribution in [2.45, 2.75) is 58.4 Å². The first-order valence-electron chi connectivity index (χ1n) is 8.62. The molecule has 0 saturated carbocycles. The molecule has 2 rings (SSSR count). The lowest BCUT2D eigenvalue weighted by Crippen LogP contribution is -2.28. The molecular weight excluding hydrogens is 306 g/mol. The zero-order chi connectivity index (χ0) is 17.2. The maximum Gasteiger partial charge on any atom is 0.241 e. The fraction of sp³-hybridized carbons (Fsp3) is 0.625. The minimum atomic E-state index is -0.0151. The van der Waals surface area contributed by atoms with E-state index in [0.29, 0.717) is 5.95 Å². The zero-order valence-corrected chi connectivity index (χ0v) is 14.3. The third kappa shape index (κ3) is 6.39. The van der Waals surface area contributed by atoms with Crippen LogP contribution in [0.4, 0.5) is 5.95 Å². The van der Waals surface area contributed by atoms with Crippen molar-refractivity contribution in [2.24, 2.45) is 0 Å². The van der Waals surface area contributed by atoms with E-state index in [1.807, 2.05) is 6.20 Å². The summed E-state index contributed by atoms with van der Waals surface area (Å²) in [6.45, 7) is 3.05. The maximum atomic E-state index is 11.7. The van der Waals surface area contributed by atoms with Crippen LogP contribution in [-0.2, 0) is 24.2 Å². The number of imidazole rings is 1. The molecule has 0 spiro atoms. The van der Waals surface area contributed by atoms with Gasteiger partial charge < -0.3 is 16.0 Å². The van der Waals surface area contributed by atoms with Crippen LogP contribution in [0.5, 0.6) is 0 Å². The number of anilines is 1. The number of rotatable bonds is 11. The summed E-state index contributed by atoms with van der Waals surface area (Å²) in [6, 6.07) is 0. The molecule has 0 aromatic carbocycles. The molecule has 0 aliphatic rings. The van der Waals surface area contributed by atoms with Gasteiger partial charge >= 0.3 is 0 Å². The van der Waals surface area contributed by atoms with Gasteiger partial charge in [-0.05, 0) is 32.1 Å². The van der Waals surface area contributed by atoms with Crippen molar-refractivity contribution in [1.29, 1.82) is 0 Å². The number of carbonyl (C=O) groups excluding carboxylic acids is 1. The van der Waals surface area contributed by atoms with Gasteiger partial charge in [0.1, 0.15) is 6.54 Å². The summed E-state index contributed by atoms with van der Waals surface area (Å²) in [4.78, 5) is 18.7. The van der Waals surface area contributed by atoms with E-state index in [0.717, 1.165) is 62.9 Å². The van der Waals surface area contributed by atoms with Crippen molar-refractivity contribution < 1.29 is 4.79 Å². The Morgan fingerprint density at radius 2 is 2.12 bits per heavy atom. The molecular formula is C16H27N7O. The topological polar surface area (TPSA) is 115 Å². The van der Waals surface area contributed by atoms with Crippen molar-refractivity contribution in [1.82, 2.24) is 30.3 Å². The Bertz CT molecular complexity index is 619. The highest BCUT2D eigenvalue weighted by Crippen LogP contribution is 2.08. The van der Waals surface area contributed by atoms with Crippen LogP contribution in [0, 0.1) is 0 Å². The number of hydrogen-bond acceptors (Lipinski definition) is 5. The second-order valence-electron chi connectivity index (χ2n) is 5.97. The number of nitrogens with zero attached hydrogens (tertiary/aromatic N) is 4. The van der Waals surface area contributed by atoms with Crippen LogP contribution in [0.3, 0.4) is 0 Å². The smallest absolute Gasteiger partial charge is 0.241 e. The van der Waals surface area contributed by atoms with E-state index in [-0.39, 0.29) is 12.5 Å². The average Bonchev–Trinajstić information content (AvgIpc) is 3.16.